The van der Waals surface area contributed by atoms with Crippen molar-refractivity contribution in [3.8, 4) is 17.0 Å². The highest BCUT2D eigenvalue weighted by atomic mass is 79.9. The number of aromatic carboxylic acids is 1. The van der Waals surface area contributed by atoms with Crippen LogP contribution in [0.25, 0.3) is 11.3 Å². The molecule has 0 bridgehead atoms. The van der Waals surface area contributed by atoms with Crippen LogP contribution < -0.4 is 4.74 Å². The van der Waals surface area contributed by atoms with Crippen LogP contribution in [-0.4, -0.2) is 28.4 Å². The van der Waals surface area contributed by atoms with E-state index in [-0.39, 0.29) is 17.1 Å². The molecule has 1 aromatic heterocycles. The van der Waals surface area contributed by atoms with Gasteiger partial charge in [0.05, 0.1) is 18.4 Å². The van der Waals surface area contributed by atoms with E-state index in [4.69, 9.17) is 9.84 Å². The van der Waals surface area contributed by atoms with Crippen LogP contribution in [0.2, 0.25) is 0 Å². The third-order valence-electron chi connectivity index (χ3n) is 2.33. The molecule has 2 aromatic rings. The van der Waals surface area contributed by atoms with Gasteiger partial charge in [0.1, 0.15) is 5.69 Å². The first kappa shape index (κ1) is 12.6. The zero-order valence-corrected chi connectivity index (χ0v) is 10.8. The highest BCUT2D eigenvalue weighted by Crippen LogP contribution is 2.37. The minimum absolute atomic E-state index is 0.00723. The molecule has 1 aromatic carbocycles. The zero-order valence-electron chi connectivity index (χ0n) is 9.20. The van der Waals surface area contributed by atoms with Gasteiger partial charge < -0.3 is 9.84 Å². The molecule has 0 saturated heterocycles. The van der Waals surface area contributed by atoms with E-state index in [2.05, 4.69) is 26.1 Å². The molecule has 0 saturated carbocycles. The van der Waals surface area contributed by atoms with Crippen LogP contribution >= 0.6 is 15.9 Å². The predicted octanol–water partition coefficient (Wildman–Crippen LogP) is 2.69. The van der Waals surface area contributed by atoms with E-state index in [1.165, 1.54) is 25.3 Å². The van der Waals surface area contributed by atoms with Gasteiger partial charge >= 0.3 is 5.97 Å². The van der Waals surface area contributed by atoms with Gasteiger partial charge in [0, 0.05) is 4.47 Å². The Hall–Kier alpha value is -1.89. The second-order valence-corrected chi connectivity index (χ2v) is 4.26. The molecule has 0 aliphatic heterocycles. The highest BCUT2D eigenvalue weighted by molar-refractivity contribution is 9.10. The van der Waals surface area contributed by atoms with Gasteiger partial charge in [0.25, 0.3) is 0 Å². The summed E-state index contributed by atoms with van der Waals surface area (Å²) in [6.45, 7) is 0. The summed E-state index contributed by atoms with van der Waals surface area (Å²) in [5.41, 5.74) is 0.570. The molecule has 1 heterocycles. The van der Waals surface area contributed by atoms with Gasteiger partial charge in [-0.25, -0.2) is 9.18 Å². The molecule has 0 aliphatic rings. The number of hydrogen-bond donors (Lipinski definition) is 2. The molecule has 94 valence electrons. The standard InChI is InChI=1S/C11H8BrFN2O3/c1-18-10-6(13)3-2-5(12)9(10)7-4-8(11(16)17)15-14-7/h2-4H,1H3,(H,14,15)(H,16,17). The number of aromatic amines is 1. The highest BCUT2D eigenvalue weighted by Gasteiger charge is 2.18. The largest absolute Gasteiger partial charge is 0.493 e. The summed E-state index contributed by atoms with van der Waals surface area (Å²) in [6, 6.07) is 4.06. The van der Waals surface area contributed by atoms with E-state index < -0.39 is 11.8 Å². The van der Waals surface area contributed by atoms with Crippen molar-refractivity contribution in [3.05, 3.63) is 34.2 Å². The molecule has 2 N–H and O–H groups in total. The Bertz CT molecular complexity index is 612. The smallest absolute Gasteiger partial charge is 0.353 e. The van der Waals surface area contributed by atoms with Crippen LogP contribution in [0.15, 0.2) is 22.7 Å². The lowest BCUT2D eigenvalue weighted by molar-refractivity contribution is 0.0690. The fraction of sp³-hybridized carbons (Fsp3) is 0.0909. The van der Waals surface area contributed by atoms with E-state index in [0.29, 0.717) is 10.0 Å². The second kappa shape index (κ2) is 4.77. The van der Waals surface area contributed by atoms with Crippen molar-refractivity contribution in [2.45, 2.75) is 0 Å². The summed E-state index contributed by atoms with van der Waals surface area (Å²) >= 11 is 3.26. The maximum Gasteiger partial charge on any atom is 0.353 e. The number of rotatable bonds is 3. The zero-order chi connectivity index (χ0) is 13.3. The lowest BCUT2D eigenvalue weighted by Crippen LogP contribution is -1.95. The molecule has 5 nitrogen and oxygen atoms in total. The number of methoxy groups -OCH3 is 1. The van der Waals surface area contributed by atoms with Crippen molar-refractivity contribution in [1.82, 2.24) is 10.2 Å². The normalized spacial score (nSPS) is 10.4. The second-order valence-electron chi connectivity index (χ2n) is 3.41. The van der Waals surface area contributed by atoms with Crippen LogP contribution in [0.1, 0.15) is 10.5 Å². The van der Waals surface area contributed by atoms with Crippen molar-refractivity contribution >= 4 is 21.9 Å². The van der Waals surface area contributed by atoms with Crippen LogP contribution in [0, 0.1) is 5.82 Å². The Morgan fingerprint density at radius 1 is 1.56 bits per heavy atom. The van der Waals surface area contributed by atoms with Gasteiger partial charge in [-0.1, -0.05) is 0 Å². The fourth-order valence-electron chi connectivity index (χ4n) is 1.53. The lowest BCUT2D eigenvalue weighted by Gasteiger charge is -2.09. The number of H-pyrrole nitrogens is 1. The van der Waals surface area contributed by atoms with E-state index in [1.807, 2.05) is 0 Å². The minimum Gasteiger partial charge on any atom is -0.493 e. The third kappa shape index (κ3) is 2.08. The third-order valence-corrected chi connectivity index (χ3v) is 2.99. The summed E-state index contributed by atoms with van der Waals surface area (Å²) in [6.07, 6.45) is 0. The Morgan fingerprint density at radius 3 is 2.83 bits per heavy atom. The number of benzene rings is 1. The molecule has 0 atom stereocenters. The number of aromatic nitrogens is 2. The summed E-state index contributed by atoms with van der Waals surface area (Å²) in [5, 5.41) is 15.0. The van der Waals surface area contributed by atoms with Crippen molar-refractivity contribution in [3.63, 3.8) is 0 Å². The summed E-state index contributed by atoms with van der Waals surface area (Å²) < 4.78 is 19.1. The minimum atomic E-state index is -1.14. The number of carboxylic acid groups (broad SMARTS) is 1. The van der Waals surface area contributed by atoms with Gasteiger partial charge in [0.2, 0.25) is 0 Å². The SMILES string of the molecule is COc1c(F)ccc(Br)c1-c1cc(C(=O)O)[nH]n1. The van der Waals surface area contributed by atoms with Crippen molar-refractivity contribution in [1.29, 1.82) is 0 Å². The Morgan fingerprint density at radius 2 is 2.28 bits per heavy atom. The fourth-order valence-corrected chi connectivity index (χ4v) is 2.05. The molecule has 18 heavy (non-hydrogen) atoms. The first-order valence-electron chi connectivity index (χ1n) is 4.85. The molecule has 0 spiro atoms. The van der Waals surface area contributed by atoms with Crippen molar-refractivity contribution in [2.75, 3.05) is 7.11 Å². The molecule has 7 heteroatoms. The van der Waals surface area contributed by atoms with E-state index in [1.54, 1.807) is 0 Å². The first-order chi connectivity index (χ1) is 8.54. The molecule has 0 unspecified atom stereocenters. The van der Waals surface area contributed by atoms with Gasteiger partial charge in [-0.2, -0.15) is 5.10 Å². The average molecular weight is 315 g/mol. The lowest BCUT2D eigenvalue weighted by atomic mass is 10.1. The predicted molar refractivity (Wildman–Crippen MR) is 65.2 cm³/mol. The Labute approximate surface area is 110 Å². The number of nitrogens with zero attached hydrogens (tertiary/aromatic N) is 1. The Balaban J connectivity index is 2.62. The summed E-state index contributed by atoms with van der Waals surface area (Å²) in [4.78, 5) is 10.8. The van der Waals surface area contributed by atoms with Crippen molar-refractivity contribution < 1.29 is 19.0 Å². The molecule has 2 rings (SSSR count). The van der Waals surface area contributed by atoms with Gasteiger partial charge in [0.15, 0.2) is 11.6 Å². The number of nitrogens with one attached hydrogen (secondary N) is 1. The number of carbonyl (C=O) groups is 1. The van der Waals surface area contributed by atoms with E-state index >= 15 is 0 Å². The van der Waals surface area contributed by atoms with Crippen LogP contribution in [0.5, 0.6) is 5.75 Å². The molecular weight excluding hydrogens is 307 g/mol. The Kier molecular flexibility index (Phi) is 3.33. The maximum absolute atomic E-state index is 13.6. The number of hydrogen-bond acceptors (Lipinski definition) is 3. The number of ether oxygens (including phenoxy) is 1. The van der Waals surface area contributed by atoms with Gasteiger partial charge in [-0.15, -0.1) is 0 Å². The maximum atomic E-state index is 13.6. The molecule has 0 radical (unpaired) electrons. The van der Waals surface area contributed by atoms with Gasteiger partial charge in [-0.3, -0.25) is 5.10 Å². The molecule has 0 fully saturated rings. The van der Waals surface area contributed by atoms with Crippen LogP contribution in [0.3, 0.4) is 0 Å². The molecule has 0 aliphatic carbocycles. The monoisotopic (exact) mass is 314 g/mol. The quantitative estimate of drug-likeness (QED) is 0.913. The number of carboxylic acids is 1. The van der Waals surface area contributed by atoms with E-state index in [9.17, 15) is 9.18 Å². The topological polar surface area (TPSA) is 75.2 Å². The van der Waals surface area contributed by atoms with Crippen LogP contribution in [0.4, 0.5) is 4.39 Å². The summed E-state index contributed by atoms with van der Waals surface area (Å²) in [5.74, 6) is -1.68. The van der Waals surface area contributed by atoms with E-state index in [0.717, 1.165) is 0 Å². The molecule has 0 amide bonds. The average Bonchev–Trinajstić information content (AvgIpc) is 2.81. The summed E-state index contributed by atoms with van der Waals surface area (Å²) in [7, 11) is 1.33. The van der Waals surface area contributed by atoms with Crippen molar-refractivity contribution in [2.24, 2.45) is 0 Å². The number of halogens is 2. The van der Waals surface area contributed by atoms with Crippen LogP contribution in [-0.2, 0) is 0 Å². The van der Waals surface area contributed by atoms with Gasteiger partial charge in [-0.05, 0) is 34.1 Å². The first-order valence-corrected chi connectivity index (χ1v) is 5.65. The molecular formula is C11H8BrFN2O3.